The fraction of sp³-hybridized carbons (Fsp3) is 0.667. The first kappa shape index (κ1) is 30.8. The standard InChI is InChI=1S/C21H27N3O11/c1-3-9-29-17(25)7-5-15(32-12-22)20(27)30-10-11-31-21(28)16(33-13-23)6-8-18(26)35-19(4-2)34-14-24/h15-16,19H,3-11H2,1-2H3. The zero-order valence-electron chi connectivity index (χ0n) is 19.4. The molecule has 0 heterocycles. The van der Waals surface area contributed by atoms with Crippen LogP contribution in [0, 0.1) is 34.6 Å². The molecule has 0 saturated heterocycles. The lowest BCUT2D eigenvalue weighted by molar-refractivity contribution is -0.169. The Bertz CT molecular complexity index is 813. The highest BCUT2D eigenvalue weighted by molar-refractivity contribution is 5.77. The van der Waals surface area contributed by atoms with Gasteiger partial charge >= 0.3 is 23.9 Å². The van der Waals surface area contributed by atoms with Crippen molar-refractivity contribution < 1.29 is 52.3 Å². The number of rotatable bonds is 18. The monoisotopic (exact) mass is 497 g/mol. The molecule has 0 radical (unpaired) electrons. The van der Waals surface area contributed by atoms with E-state index in [0.717, 1.165) is 0 Å². The predicted octanol–water partition coefficient (Wildman–Crippen LogP) is 1.10. The van der Waals surface area contributed by atoms with Crippen LogP contribution in [0.25, 0.3) is 0 Å². The Morgan fingerprint density at radius 3 is 1.60 bits per heavy atom. The zero-order valence-corrected chi connectivity index (χ0v) is 19.4. The van der Waals surface area contributed by atoms with E-state index in [9.17, 15) is 19.2 Å². The quantitative estimate of drug-likeness (QED) is 0.0855. The van der Waals surface area contributed by atoms with Crippen molar-refractivity contribution in [1.29, 1.82) is 15.8 Å². The van der Waals surface area contributed by atoms with E-state index in [1.807, 2.05) is 6.92 Å². The maximum absolute atomic E-state index is 12.1. The van der Waals surface area contributed by atoms with Crippen molar-refractivity contribution in [1.82, 2.24) is 0 Å². The molecule has 0 aliphatic heterocycles. The van der Waals surface area contributed by atoms with Crippen molar-refractivity contribution >= 4 is 23.9 Å². The van der Waals surface area contributed by atoms with Crippen LogP contribution in [0.3, 0.4) is 0 Å². The van der Waals surface area contributed by atoms with E-state index in [-0.39, 0.29) is 38.7 Å². The molecule has 0 bridgehead atoms. The maximum Gasteiger partial charge on any atom is 0.348 e. The average molecular weight is 497 g/mol. The van der Waals surface area contributed by atoms with Crippen LogP contribution in [-0.2, 0) is 52.3 Å². The number of hydrogen-bond donors (Lipinski definition) is 0. The van der Waals surface area contributed by atoms with Crippen molar-refractivity contribution in [2.45, 2.75) is 70.9 Å². The van der Waals surface area contributed by atoms with Crippen molar-refractivity contribution in [3.63, 3.8) is 0 Å². The van der Waals surface area contributed by atoms with Gasteiger partial charge in [0.2, 0.25) is 12.2 Å². The topological polar surface area (TPSA) is 204 Å². The first-order valence-corrected chi connectivity index (χ1v) is 10.6. The van der Waals surface area contributed by atoms with Gasteiger partial charge in [0.25, 0.3) is 25.1 Å². The van der Waals surface area contributed by atoms with E-state index in [1.54, 1.807) is 6.92 Å². The first-order chi connectivity index (χ1) is 16.8. The van der Waals surface area contributed by atoms with Crippen LogP contribution in [0.1, 0.15) is 52.4 Å². The van der Waals surface area contributed by atoms with E-state index >= 15 is 0 Å². The van der Waals surface area contributed by atoms with Gasteiger partial charge in [-0.3, -0.25) is 9.59 Å². The minimum atomic E-state index is -1.43. The third-order valence-electron chi connectivity index (χ3n) is 3.96. The summed E-state index contributed by atoms with van der Waals surface area (Å²) in [5, 5.41) is 25.8. The number of esters is 4. The summed E-state index contributed by atoms with van der Waals surface area (Å²) in [6.45, 7) is 2.83. The third kappa shape index (κ3) is 14.5. The van der Waals surface area contributed by atoms with Gasteiger partial charge < -0.3 is 33.2 Å². The summed E-state index contributed by atoms with van der Waals surface area (Å²) in [6, 6.07) is 0. The Hall–Kier alpha value is -4.25. The summed E-state index contributed by atoms with van der Waals surface area (Å²) in [7, 11) is 0. The third-order valence-corrected chi connectivity index (χ3v) is 3.96. The van der Waals surface area contributed by atoms with E-state index in [4.69, 9.17) is 34.7 Å². The molecule has 0 aromatic carbocycles. The summed E-state index contributed by atoms with van der Waals surface area (Å²) in [5.74, 6) is -3.31. The molecule has 35 heavy (non-hydrogen) atoms. The van der Waals surface area contributed by atoms with Crippen LogP contribution in [0.15, 0.2) is 0 Å². The molecular weight excluding hydrogens is 470 g/mol. The molecule has 14 nitrogen and oxygen atoms in total. The predicted molar refractivity (Wildman–Crippen MR) is 109 cm³/mol. The molecule has 0 saturated carbocycles. The Morgan fingerprint density at radius 1 is 0.686 bits per heavy atom. The van der Waals surface area contributed by atoms with E-state index in [0.29, 0.717) is 6.42 Å². The average Bonchev–Trinajstić information content (AvgIpc) is 2.84. The summed E-state index contributed by atoms with van der Waals surface area (Å²) in [5.41, 5.74) is 0. The molecule has 192 valence electrons. The van der Waals surface area contributed by atoms with Crippen molar-refractivity contribution in [3.05, 3.63) is 0 Å². The molecule has 0 fully saturated rings. The van der Waals surface area contributed by atoms with Gasteiger partial charge in [0.05, 0.1) is 6.61 Å². The Kier molecular flexibility index (Phi) is 16.9. The Balaban J connectivity index is 4.50. The molecule has 0 aliphatic carbocycles. The lowest BCUT2D eigenvalue weighted by atomic mass is 10.2. The molecule has 0 rings (SSSR count). The van der Waals surface area contributed by atoms with Gasteiger partial charge in [-0.15, -0.1) is 0 Å². The summed E-state index contributed by atoms with van der Waals surface area (Å²) in [4.78, 5) is 47.5. The fourth-order valence-electron chi connectivity index (χ4n) is 2.29. The lowest BCUT2D eigenvalue weighted by Gasteiger charge is -2.16. The van der Waals surface area contributed by atoms with Gasteiger partial charge in [0.15, 0.2) is 0 Å². The summed E-state index contributed by atoms with van der Waals surface area (Å²) in [6.07, 6.45) is 0.164. The molecule has 0 amide bonds. The number of hydrogen-bond acceptors (Lipinski definition) is 14. The van der Waals surface area contributed by atoms with Gasteiger partial charge in [-0.25, -0.2) is 9.59 Å². The van der Waals surface area contributed by atoms with Gasteiger partial charge in [0, 0.05) is 32.1 Å². The van der Waals surface area contributed by atoms with Crippen LogP contribution in [0.5, 0.6) is 0 Å². The van der Waals surface area contributed by atoms with Crippen LogP contribution in [0.2, 0.25) is 0 Å². The fourth-order valence-corrected chi connectivity index (χ4v) is 2.29. The summed E-state index contributed by atoms with van der Waals surface area (Å²) >= 11 is 0. The number of ether oxygens (including phenoxy) is 7. The van der Waals surface area contributed by atoms with E-state index in [2.05, 4.69) is 14.2 Å². The smallest absolute Gasteiger partial charge is 0.348 e. The van der Waals surface area contributed by atoms with Crippen LogP contribution in [0.4, 0.5) is 0 Å². The Labute approximate surface area is 202 Å². The van der Waals surface area contributed by atoms with Crippen molar-refractivity contribution in [3.8, 4) is 18.8 Å². The molecule has 0 aromatic heterocycles. The zero-order chi connectivity index (χ0) is 26.5. The first-order valence-electron chi connectivity index (χ1n) is 10.6. The minimum absolute atomic E-state index is 0.152. The number of nitrogens with zero attached hydrogens (tertiary/aromatic N) is 3. The highest BCUT2D eigenvalue weighted by Crippen LogP contribution is 2.10. The molecule has 0 aliphatic rings. The van der Waals surface area contributed by atoms with Gasteiger partial charge in [-0.1, -0.05) is 13.8 Å². The van der Waals surface area contributed by atoms with Crippen LogP contribution >= 0.6 is 0 Å². The van der Waals surface area contributed by atoms with Crippen LogP contribution in [-0.4, -0.2) is 62.2 Å². The van der Waals surface area contributed by atoms with Crippen molar-refractivity contribution in [2.75, 3.05) is 19.8 Å². The second-order valence-corrected chi connectivity index (χ2v) is 6.57. The molecule has 3 unspecified atom stereocenters. The van der Waals surface area contributed by atoms with Gasteiger partial charge in [0.1, 0.15) is 13.2 Å². The normalized spacial score (nSPS) is 12.2. The van der Waals surface area contributed by atoms with E-state index in [1.165, 1.54) is 18.8 Å². The molecule has 14 heteroatoms. The SMILES string of the molecule is CCCOC(=O)CCC(OC#N)C(=O)OCCOC(=O)C(CCC(=O)OC(CC)OC#N)OC#N. The molecular formula is C21H27N3O11. The van der Waals surface area contributed by atoms with Gasteiger partial charge in [-0.2, -0.15) is 15.8 Å². The largest absolute Gasteiger partial charge is 0.466 e. The molecule has 3 atom stereocenters. The maximum atomic E-state index is 12.1. The second kappa shape index (κ2) is 19.2. The highest BCUT2D eigenvalue weighted by atomic mass is 16.7. The van der Waals surface area contributed by atoms with Crippen molar-refractivity contribution in [2.24, 2.45) is 0 Å². The molecule has 0 aromatic rings. The Morgan fingerprint density at radius 2 is 1.17 bits per heavy atom. The molecule has 0 N–H and O–H groups in total. The number of carbonyl (C=O) groups is 4. The summed E-state index contributed by atoms with van der Waals surface area (Å²) < 4.78 is 33.2. The van der Waals surface area contributed by atoms with Gasteiger partial charge in [-0.05, 0) is 6.42 Å². The number of carbonyl (C=O) groups excluding carboxylic acids is 4. The van der Waals surface area contributed by atoms with E-state index < -0.39 is 55.6 Å². The van der Waals surface area contributed by atoms with Crippen LogP contribution < -0.4 is 0 Å². The lowest BCUT2D eigenvalue weighted by Crippen LogP contribution is -2.30. The molecule has 0 spiro atoms. The minimum Gasteiger partial charge on any atom is -0.466 e. The second-order valence-electron chi connectivity index (χ2n) is 6.57. The number of nitriles is 3. The highest BCUT2D eigenvalue weighted by Gasteiger charge is 2.26.